The highest BCUT2D eigenvalue weighted by Gasteiger charge is 2.11. The number of imidazole rings is 1. The quantitative estimate of drug-likeness (QED) is 0.867. The van der Waals surface area contributed by atoms with E-state index >= 15 is 0 Å². The van der Waals surface area contributed by atoms with Crippen molar-refractivity contribution in [3.05, 3.63) is 35.1 Å². The van der Waals surface area contributed by atoms with Gasteiger partial charge in [0.1, 0.15) is 11.0 Å². The van der Waals surface area contributed by atoms with Gasteiger partial charge in [0.2, 0.25) is 5.76 Å². The van der Waals surface area contributed by atoms with Crippen molar-refractivity contribution in [3.63, 3.8) is 0 Å². The number of aromatic carboxylic acids is 1. The Bertz CT molecular complexity index is 549. The predicted molar refractivity (Wildman–Crippen MR) is 63.4 cm³/mol. The second kappa shape index (κ2) is 4.85. The molecule has 0 atom stereocenters. The molecule has 0 amide bonds. The summed E-state index contributed by atoms with van der Waals surface area (Å²) in [6.45, 7) is 0. The van der Waals surface area contributed by atoms with E-state index in [1.165, 1.54) is 17.8 Å². The molecule has 0 unspecified atom stereocenters. The van der Waals surface area contributed by atoms with Crippen LogP contribution in [-0.2, 0) is 12.8 Å². The molecule has 0 aliphatic rings. The molecule has 2 aromatic heterocycles. The van der Waals surface area contributed by atoms with E-state index < -0.39 is 5.97 Å². The number of thioether (sulfide) groups is 1. The van der Waals surface area contributed by atoms with Gasteiger partial charge in [-0.05, 0) is 12.1 Å². The lowest BCUT2D eigenvalue weighted by Crippen LogP contribution is -1.95. The van der Waals surface area contributed by atoms with Crippen LogP contribution in [-0.4, -0.2) is 20.6 Å². The first-order valence-electron chi connectivity index (χ1n) is 4.70. The molecule has 1 N–H and O–H groups in total. The van der Waals surface area contributed by atoms with E-state index in [4.69, 9.17) is 21.1 Å². The summed E-state index contributed by atoms with van der Waals surface area (Å²) >= 11 is 7.21. The summed E-state index contributed by atoms with van der Waals surface area (Å²) in [6, 6.07) is 3.05. The fourth-order valence-corrected chi connectivity index (χ4v) is 2.21. The number of carboxylic acid groups (broad SMARTS) is 1. The SMILES string of the molecule is Cn1c(Cl)cnc1CSc1ccc(C(=O)O)o1. The van der Waals surface area contributed by atoms with Crippen LogP contribution in [0.4, 0.5) is 0 Å². The lowest BCUT2D eigenvalue weighted by molar-refractivity contribution is 0.0656. The van der Waals surface area contributed by atoms with Gasteiger partial charge in [-0.2, -0.15) is 0 Å². The number of hydrogen-bond acceptors (Lipinski definition) is 4. The first kappa shape index (κ1) is 12.1. The van der Waals surface area contributed by atoms with Crippen LogP contribution in [0.2, 0.25) is 5.15 Å². The van der Waals surface area contributed by atoms with Gasteiger partial charge in [0.25, 0.3) is 0 Å². The van der Waals surface area contributed by atoms with Crippen molar-refractivity contribution in [2.45, 2.75) is 10.8 Å². The molecule has 2 heterocycles. The van der Waals surface area contributed by atoms with Gasteiger partial charge in [-0.25, -0.2) is 9.78 Å². The molecule has 5 nitrogen and oxygen atoms in total. The number of hydrogen-bond donors (Lipinski definition) is 1. The van der Waals surface area contributed by atoms with Crippen molar-refractivity contribution in [3.8, 4) is 0 Å². The summed E-state index contributed by atoms with van der Waals surface area (Å²) in [4.78, 5) is 14.7. The third-order valence-electron chi connectivity index (χ3n) is 2.16. The number of furan rings is 1. The molecule has 0 saturated carbocycles. The summed E-state index contributed by atoms with van der Waals surface area (Å²) in [5.41, 5.74) is 0. The summed E-state index contributed by atoms with van der Waals surface area (Å²) in [5.74, 6) is 0.228. The molecule has 0 aliphatic carbocycles. The molecule has 2 rings (SSSR count). The first-order chi connectivity index (χ1) is 8.08. The number of rotatable bonds is 4. The van der Waals surface area contributed by atoms with E-state index in [0.717, 1.165) is 5.82 Å². The van der Waals surface area contributed by atoms with Crippen molar-refractivity contribution >= 4 is 29.3 Å². The number of aromatic nitrogens is 2. The molecular weight excluding hydrogens is 264 g/mol. The van der Waals surface area contributed by atoms with Gasteiger partial charge < -0.3 is 14.1 Å². The average molecular weight is 273 g/mol. The molecule has 0 bridgehead atoms. The Hall–Kier alpha value is -1.40. The van der Waals surface area contributed by atoms with Crippen LogP contribution in [0.15, 0.2) is 27.8 Å². The lowest BCUT2D eigenvalue weighted by Gasteiger charge is -2.00. The molecule has 90 valence electrons. The maximum Gasteiger partial charge on any atom is 0.371 e. The Morgan fingerprint density at radius 1 is 1.65 bits per heavy atom. The topological polar surface area (TPSA) is 68.3 Å². The van der Waals surface area contributed by atoms with E-state index in [1.54, 1.807) is 16.8 Å². The minimum Gasteiger partial charge on any atom is -0.475 e. The van der Waals surface area contributed by atoms with Crippen LogP contribution in [0, 0.1) is 0 Å². The van der Waals surface area contributed by atoms with Gasteiger partial charge in [-0.1, -0.05) is 23.4 Å². The average Bonchev–Trinajstić information content (AvgIpc) is 2.86. The number of carboxylic acids is 1. The van der Waals surface area contributed by atoms with Crippen molar-refractivity contribution < 1.29 is 14.3 Å². The molecule has 0 spiro atoms. The van der Waals surface area contributed by atoms with Crippen molar-refractivity contribution in [2.24, 2.45) is 7.05 Å². The standard InChI is InChI=1S/C10H9ClN2O3S/c1-13-7(11)4-12-8(13)5-17-9-3-2-6(16-9)10(14)15/h2-4H,5H2,1H3,(H,14,15). The Morgan fingerprint density at radius 2 is 2.41 bits per heavy atom. The zero-order valence-electron chi connectivity index (χ0n) is 8.88. The highest BCUT2D eigenvalue weighted by molar-refractivity contribution is 7.98. The van der Waals surface area contributed by atoms with Crippen LogP contribution in [0.3, 0.4) is 0 Å². The van der Waals surface area contributed by atoms with Crippen molar-refractivity contribution in [2.75, 3.05) is 0 Å². The Kier molecular flexibility index (Phi) is 3.44. The Balaban J connectivity index is 2.02. The van der Waals surface area contributed by atoms with E-state index in [2.05, 4.69) is 4.98 Å². The summed E-state index contributed by atoms with van der Waals surface area (Å²) in [5, 5.41) is 9.80. The molecule has 2 aromatic rings. The molecule has 7 heteroatoms. The monoisotopic (exact) mass is 272 g/mol. The summed E-state index contributed by atoms with van der Waals surface area (Å²) < 4.78 is 6.87. The van der Waals surface area contributed by atoms with Crippen molar-refractivity contribution in [1.82, 2.24) is 9.55 Å². The smallest absolute Gasteiger partial charge is 0.371 e. The lowest BCUT2D eigenvalue weighted by atomic mass is 10.5. The van der Waals surface area contributed by atoms with Gasteiger partial charge in [-0.15, -0.1) is 0 Å². The fourth-order valence-electron chi connectivity index (χ4n) is 1.21. The third-order valence-corrected chi connectivity index (χ3v) is 3.42. The van der Waals surface area contributed by atoms with Crippen molar-refractivity contribution in [1.29, 1.82) is 0 Å². The largest absolute Gasteiger partial charge is 0.475 e. The molecule has 17 heavy (non-hydrogen) atoms. The second-order valence-corrected chi connectivity index (χ2v) is 4.64. The van der Waals surface area contributed by atoms with E-state index in [1.807, 2.05) is 7.05 Å². The minimum atomic E-state index is -1.07. The third kappa shape index (κ3) is 2.65. The summed E-state index contributed by atoms with van der Waals surface area (Å²) in [7, 11) is 1.82. The Morgan fingerprint density at radius 3 is 2.94 bits per heavy atom. The van der Waals surface area contributed by atoms with Crippen LogP contribution in [0.25, 0.3) is 0 Å². The minimum absolute atomic E-state index is 0.0645. The van der Waals surface area contributed by atoms with Gasteiger partial charge in [0, 0.05) is 7.05 Å². The maximum absolute atomic E-state index is 10.6. The predicted octanol–water partition coefficient (Wildman–Crippen LogP) is 2.66. The number of nitrogens with zero attached hydrogens (tertiary/aromatic N) is 2. The maximum atomic E-state index is 10.6. The molecular formula is C10H9ClN2O3S. The Labute approximate surface area is 106 Å². The van der Waals surface area contributed by atoms with Crippen LogP contribution < -0.4 is 0 Å². The molecule has 0 aromatic carbocycles. The van der Waals surface area contributed by atoms with Gasteiger partial charge in [0.15, 0.2) is 5.09 Å². The number of carbonyl (C=O) groups is 1. The van der Waals surface area contributed by atoms with E-state index in [-0.39, 0.29) is 5.76 Å². The first-order valence-corrected chi connectivity index (χ1v) is 6.06. The molecule has 0 saturated heterocycles. The van der Waals surface area contributed by atoms with Gasteiger partial charge >= 0.3 is 5.97 Å². The zero-order chi connectivity index (χ0) is 12.4. The number of halogens is 1. The van der Waals surface area contributed by atoms with Crippen LogP contribution in [0.1, 0.15) is 16.4 Å². The molecule has 0 radical (unpaired) electrons. The van der Waals surface area contributed by atoms with Gasteiger partial charge in [0.05, 0.1) is 11.9 Å². The highest BCUT2D eigenvalue weighted by atomic mass is 35.5. The second-order valence-electron chi connectivity index (χ2n) is 3.27. The zero-order valence-corrected chi connectivity index (χ0v) is 10.5. The van der Waals surface area contributed by atoms with E-state index in [9.17, 15) is 4.79 Å². The van der Waals surface area contributed by atoms with Crippen LogP contribution in [0.5, 0.6) is 0 Å². The van der Waals surface area contributed by atoms with Crippen LogP contribution >= 0.6 is 23.4 Å². The van der Waals surface area contributed by atoms with Gasteiger partial charge in [-0.3, -0.25) is 0 Å². The fraction of sp³-hybridized carbons (Fsp3) is 0.200. The van der Waals surface area contributed by atoms with E-state index in [0.29, 0.717) is 16.0 Å². The highest BCUT2D eigenvalue weighted by Crippen LogP contribution is 2.25. The summed E-state index contributed by atoms with van der Waals surface area (Å²) in [6.07, 6.45) is 1.57. The molecule has 0 fully saturated rings. The molecule has 0 aliphatic heterocycles. The normalized spacial score (nSPS) is 10.7.